The van der Waals surface area contributed by atoms with Gasteiger partial charge < -0.3 is 4.42 Å². The minimum absolute atomic E-state index is 0.162. The van der Waals surface area contributed by atoms with E-state index >= 15 is 0 Å². The number of furan rings is 1. The van der Waals surface area contributed by atoms with Gasteiger partial charge >= 0.3 is 0 Å². The maximum Gasteiger partial charge on any atom is 0.273 e. The Labute approximate surface area is 141 Å². The fourth-order valence-corrected chi connectivity index (χ4v) is 2.75. The Bertz CT molecular complexity index is 1160. The van der Waals surface area contributed by atoms with Crippen molar-refractivity contribution in [1.29, 1.82) is 0 Å². The Hall–Kier alpha value is -3.61. The van der Waals surface area contributed by atoms with Crippen LogP contribution in [0.5, 0.6) is 0 Å². The number of aromatic nitrogens is 2. The number of nitrogens with zero attached hydrogens (tertiary/aromatic N) is 1. The summed E-state index contributed by atoms with van der Waals surface area (Å²) in [6.45, 7) is 1.69. The monoisotopic (exact) mass is 334 g/mol. The van der Waals surface area contributed by atoms with E-state index < -0.39 is 5.91 Å². The maximum atomic E-state index is 12.5. The fraction of sp³-hybridized carbons (Fsp3) is 0.0556. The van der Waals surface area contributed by atoms with Crippen molar-refractivity contribution in [1.82, 2.24) is 15.4 Å². The standard InChI is InChI=1S/C18H14N4O3/c1-10-9-15(23)20-18(19-10)22-21-17(24)13-7-4-6-12-11-5-2-3-8-14(11)25-16(12)13/h2-9H,1H3,(H,21,24)(H2,19,20,22,23). The lowest BCUT2D eigenvalue weighted by atomic mass is 10.1. The number of para-hydroxylation sites is 2. The van der Waals surface area contributed by atoms with E-state index in [1.54, 1.807) is 19.1 Å². The van der Waals surface area contributed by atoms with Crippen molar-refractivity contribution >= 4 is 33.8 Å². The second kappa shape index (κ2) is 5.79. The van der Waals surface area contributed by atoms with Crippen molar-refractivity contribution in [3.63, 3.8) is 0 Å². The van der Waals surface area contributed by atoms with Crippen LogP contribution in [0.2, 0.25) is 0 Å². The number of carbonyl (C=O) groups excluding carboxylic acids is 1. The number of rotatable bonds is 3. The molecule has 0 fully saturated rings. The first-order valence-corrected chi connectivity index (χ1v) is 7.66. The second-order valence-electron chi connectivity index (χ2n) is 5.59. The first-order valence-electron chi connectivity index (χ1n) is 7.66. The van der Waals surface area contributed by atoms with E-state index in [2.05, 4.69) is 20.8 Å². The molecule has 0 bridgehead atoms. The summed E-state index contributed by atoms with van der Waals surface area (Å²) in [5.41, 5.74) is 6.99. The summed E-state index contributed by atoms with van der Waals surface area (Å²) in [5.74, 6) is -0.232. The molecule has 7 heteroatoms. The van der Waals surface area contributed by atoms with E-state index in [-0.39, 0.29) is 11.5 Å². The quantitative estimate of drug-likeness (QED) is 0.500. The molecule has 4 rings (SSSR count). The highest BCUT2D eigenvalue weighted by molar-refractivity contribution is 6.13. The molecule has 2 heterocycles. The third-order valence-electron chi connectivity index (χ3n) is 3.81. The van der Waals surface area contributed by atoms with Crippen LogP contribution < -0.4 is 16.4 Å². The van der Waals surface area contributed by atoms with Gasteiger partial charge in [0.2, 0.25) is 5.95 Å². The number of aromatic amines is 1. The third kappa shape index (κ3) is 2.72. The van der Waals surface area contributed by atoms with Crippen LogP contribution in [0.1, 0.15) is 16.1 Å². The molecule has 3 N–H and O–H groups in total. The lowest BCUT2D eigenvalue weighted by Gasteiger charge is -2.08. The van der Waals surface area contributed by atoms with Gasteiger partial charge in [-0.15, -0.1) is 0 Å². The van der Waals surface area contributed by atoms with Gasteiger partial charge in [-0.25, -0.2) is 4.98 Å². The molecule has 25 heavy (non-hydrogen) atoms. The molecule has 2 aromatic heterocycles. The molecule has 7 nitrogen and oxygen atoms in total. The number of carbonyl (C=O) groups is 1. The lowest BCUT2D eigenvalue weighted by molar-refractivity contribution is 0.0963. The Balaban J connectivity index is 1.67. The first kappa shape index (κ1) is 14.9. The Morgan fingerprint density at radius 3 is 2.76 bits per heavy atom. The van der Waals surface area contributed by atoms with Crippen LogP contribution in [0.25, 0.3) is 21.9 Å². The molecule has 0 aliphatic rings. The molecule has 0 atom stereocenters. The summed E-state index contributed by atoms with van der Waals surface area (Å²) in [4.78, 5) is 30.6. The van der Waals surface area contributed by atoms with E-state index in [0.717, 1.165) is 16.4 Å². The van der Waals surface area contributed by atoms with E-state index in [9.17, 15) is 9.59 Å². The van der Waals surface area contributed by atoms with Gasteiger partial charge in [0.25, 0.3) is 11.5 Å². The molecule has 0 radical (unpaired) electrons. The van der Waals surface area contributed by atoms with E-state index in [1.165, 1.54) is 6.07 Å². The number of fused-ring (bicyclic) bond motifs is 3. The molecule has 0 spiro atoms. The molecular formula is C18H14N4O3. The fourth-order valence-electron chi connectivity index (χ4n) is 2.75. The third-order valence-corrected chi connectivity index (χ3v) is 3.81. The van der Waals surface area contributed by atoms with Gasteiger partial charge in [-0.2, -0.15) is 0 Å². The summed E-state index contributed by atoms with van der Waals surface area (Å²) < 4.78 is 5.83. The Morgan fingerprint density at radius 1 is 1.12 bits per heavy atom. The van der Waals surface area contributed by atoms with Crippen molar-refractivity contribution in [3.8, 4) is 0 Å². The van der Waals surface area contributed by atoms with Crippen molar-refractivity contribution < 1.29 is 9.21 Å². The largest absolute Gasteiger partial charge is 0.455 e. The van der Waals surface area contributed by atoms with Crippen molar-refractivity contribution in [2.75, 3.05) is 5.43 Å². The topological polar surface area (TPSA) is 100 Å². The van der Waals surface area contributed by atoms with Crippen LogP contribution in [-0.2, 0) is 0 Å². The van der Waals surface area contributed by atoms with Gasteiger partial charge in [-0.05, 0) is 19.1 Å². The second-order valence-corrected chi connectivity index (χ2v) is 5.59. The van der Waals surface area contributed by atoms with Gasteiger partial charge in [0.1, 0.15) is 11.2 Å². The Kier molecular flexibility index (Phi) is 3.46. The predicted octanol–water partition coefficient (Wildman–Crippen LogP) is 2.73. The molecule has 0 saturated carbocycles. The molecule has 0 unspecified atom stereocenters. The van der Waals surface area contributed by atoms with Gasteiger partial charge in [-0.3, -0.25) is 25.4 Å². The van der Waals surface area contributed by atoms with Crippen LogP contribution in [0, 0.1) is 6.92 Å². The number of benzene rings is 2. The first-order chi connectivity index (χ1) is 12.1. The van der Waals surface area contributed by atoms with Crippen LogP contribution >= 0.6 is 0 Å². The number of hydrazine groups is 1. The lowest BCUT2D eigenvalue weighted by Crippen LogP contribution is -2.31. The highest BCUT2D eigenvalue weighted by Gasteiger charge is 2.15. The zero-order chi connectivity index (χ0) is 17.4. The smallest absolute Gasteiger partial charge is 0.273 e. The average molecular weight is 334 g/mol. The van der Waals surface area contributed by atoms with Crippen LogP contribution in [0.15, 0.2) is 57.7 Å². The van der Waals surface area contributed by atoms with Crippen molar-refractivity contribution in [2.24, 2.45) is 0 Å². The van der Waals surface area contributed by atoms with Gasteiger partial charge in [0, 0.05) is 22.5 Å². The average Bonchev–Trinajstić information content (AvgIpc) is 2.97. The summed E-state index contributed by atoms with van der Waals surface area (Å²) >= 11 is 0. The molecule has 0 aliphatic carbocycles. The minimum Gasteiger partial charge on any atom is -0.455 e. The number of H-pyrrole nitrogens is 1. The number of anilines is 1. The normalized spacial score (nSPS) is 10.9. The number of hydrogen-bond acceptors (Lipinski definition) is 5. The molecule has 4 aromatic rings. The van der Waals surface area contributed by atoms with E-state index in [1.807, 2.05) is 30.3 Å². The predicted molar refractivity (Wildman–Crippen MR) is 94.4 cm³/mol. The number of amides is 1. The van der Waals surface area contributed by atoms with Gasteiger partial charge in [-0.1, -0.05) is 30.3 Å². The van der Waals surface area contributed by atoms with Crippen molar-refractivity contribution in [3.05, 3.63) is 70.1 Å². The van der Waals surface area contributed by atoms with Gasteiger partial charge in [0.05, 0.1) is 5.56 Å². The van der Waals surface area contributed by atoms with E-state index in [0.29, 0.717) is 16.8 Å². The number of nitrogens with one attached hydrogen (secondary N) is 3. The molecular weight excluding hydrogens is 320 g/mol. The molecule has 1 amide bonds. The molecule has 124 valence electrons. The number of hydrogen-bond donors (Lipinski definition) is 3. The highest BCUT2D eigenvalue weighted by atomic mass is 16.3. The highest BCUT2D eigenvalue weighted by Crippen LogP contribution is 2.30. The summed E-state index contributed by atoms with van der Waals surface area (Å²) in [6.07, 6.45) is 0. The molecule has 0 aliphatic heterocycles. The van der Waals surface area contributed by atoms with Crippen LogP contribution in [0.3, 0.4) is 0 Å². The summed E-state index contributed by atoms with van der Waals surface area (Å²) in [6, 6.07) is 14.4. The Morgan fingerprint density at radius 2 is 1.92 bits per heavy atom. The van der Waals surface area contributed by atoms with Crippen molar-refractivity contribution in [2.45, 2.75) is 6.92 Å². The SMILES string of the molecule is Cc1cc(=O)[nH]c(NNC(=O)c2cccc3c2oc2ccccc23)n1. The molecule has 0 saturated heterocycles. The zero-order valence-corrected chi connectivity index (χ0v) is 13.3. The molecule has 2 aromatic carbocycles. The minimum atomic E-state index is -0.395. The zero-order valence-electron chi connectivity index (χ0n) is 13.3. The van der Waals surface area contributed by atoms with Crippen LogP contribution in [-0.4, -0.2) is 15.9 Å². The van der Waals surface area contributed by atoms with Gasteiger partial charge in [0.15, 0.2) is 0 Å². The summed E-state index contributed by atoms with van der Waals surface area (Å²) in [5, 5.41) is 1.81. The van der Waals surface area contributed by atoms with E-state index in [4.69, 9.17) is 4.42 Å². The summed E-state index contributed by atoms with van der Waals surface area (Å²) in [7, 11) is 0. The maximum absolute atomic E-state index is 12.5. The number of aryl methyl sites for hydroxylation is 1. The van der Waals surface area contributed by atoms with Crippen LogP contribution in [0.4, 0.5) is 5.95 Å².